The van der Waals surface area contributed by atoms with E-state index in [1.54, 1.807) is 0 Å². The van der Waals surface area contributed by atoms with Crippen LogP contribution in [0, 0.1) is 6.92 Å². The van der Waals surface area contributed by atoms with Gasteiger partial charge in [0.25, 0.3) is 0 Å². The first kappa shape index (κ1) is 13.1. The Labute approximate surface area is 114 Å². The van der Waals surface area contributed by atoms with Gasteiger partial charge in [-0.25, -0.2) is 8.42 Å². The summed E-state index contributed by atoms with van der Waals surface area (Å²) in [6.07, 6.45) is 0.742. The molecule has 1 aromatic carbocycles. The lowest BCUT2D eigenvalue weighted by Gasteiger charge is -2.29. The number of nitrogens with two attached hydrogens (primary N) is 1. The molecule has 4 nitrogen and oxygen atoms in total. The summed E-state index contributed by atoms with van der Waals surface area (Å²) in [7, 11) is -2.84. The fourth-order valence-electron chi connectivity index (χ4n) is 3.34. The SMILES string of the molecule is Cc1ccc2c(c1)C(CN)N(C1CCS(=O)(=O)C1)C2. The topological polar surface area (TPSA) is 63.4 Å². The number of sulfone groups is 1. The Balaban J connectivity index is 1.90. The summed E-state index contributed by atoms with van der Waals surface area (Å²) >= 11 is 0. The normalized spacial score (nSPS) is 29.6. The zero-order chi connectivity index (χ0) is 13.6. The van der Waals surface area contributed by atoms with Crippen molar-refractivity contribution in [3.05, 3.63) is 34.9 Å². The van der Waals surface area contributed by atoms with Crippen molar-refractivity contribution in [1.29, 1.82) is 0 Å². The highest BCUT2D eigenvalue weighted by atomic mass is 32.2. The van der Waals surface area contributed by atoms with Crippen molar-refractivity contribution >= 4 is 9.84 Å². The Morgan fingerprint density at radius 2 is 2.21 bits per heavy atom. The van der Waals surface area contributed by atoms with Crippen molar-refractivity contribution in [3.63, 3.8) is 0 Å². The van der Waals surface area contributed by atoms with Crippen LogP contribution in [0.3, 0.4) is 0 Å². The summed E-state index contributed by atoms with van der Waals surface area (Å²) in [5, 5.41) is 0. The van der Waals surface area contributed by atoms with E-state index < -0.39 is 9.84 Å². The first-order valence-corrected chi connectivity index (χ1v) is 8.58. The average molecular weight is 280 g/mol. The first-order valence-electron chi connectivity index (χ1n) is 6.76. The lowest BCUT2D eigenvalue weighted by Crippen LogP contribution is -2.37. The summed E-state index contributed by atoms with van der Waals surface area (Å²) in [4.78, 5) is 2.29. The van der Waals surface area contributed by atoms with E-state index in [4.69, 9.17) is 5.73 Å². The minimum atomic E-state index is -2.84. The van der Waals surface area contributed by atoms with Crippen LogP contribution in [0.5, 0.6) is 0 Å². The molecule has 0 saturated carbocycles. The molecule has 2 heterocycles. The summed E-state index contributed by atoms with van der Waals surface area (Å²) in [5.41, 5.74) is 9.75. The maximum atomic E-state index is 11.7. The maximum absolute atomic E-state index is 11.7. The van der Waals surface area contributed by atoms with Gasteiger partial charge in [-0.15, -0.1) is 0 Å². The summed E-state index contributed by atoms with van der Waals surface area (Å²) in [6.45, 7) is 3.46. The quantitative estimate of drug-likeness (QED) is 0.878. The van der Waals surface area contributed by atoms with Gasteiger partial charge in [-0.2, -0.15) is 0 Å². The van der Waals surface area contributed by atoms with Crippen molar-refractivity contribution in [2.24, 2.45) is 5.73 Å². The fraction of sp³-hybridized carbons (Fsp3) is 0.571. The van der Waals surface area contributed by atoms with Gasteiger partial charge in [-0.05, 0) is 24.5 Å². The number of aryl methyl sites for hydroxylation is 1. The lowest BCUT2D eigenvalue weighted by molar-refractivity contribution is 0.164. The van der Waals surface area contributed by atoms with Crippen LogP contribution in [0.4, 0.5) is 0 Å². The molecular formula is C14H20N2O2S. The van der Waals surface area contributed by atoms with Gasteiger partial charge >= 0.3 is 0 Å². The third-order valence-electron chi connectivity index (χ3n) is 4.31. The second-order valence-electron chi connectivity index (χ2n) is 5.68. The molecule has 1 fully saturated rings. The van der Waals surface area contributed by atoms with Gasteiger partial charge in [0.05, 0.1) is 11.5 Å². The van der Waals surface area contributed by atoms with E-state index in [9.17, 15) is 8.42 Å². The van der Waals surface area contributed by atoms with Gasteiger partial charge in [0.2, 0.25) is 0 Å². The highest BCUT2D eigenvalue weighted by molar-refractivity contribution is 7.91. The van der Waals surface area contributed by atoms with Crippen LogP contribution in [0.15, 0.2) is 18.2 Å². The molecule has 5 heteroatoms. The minimum Gasteiger partial charge on any atom is -0.329 e. The van der Waals surface area contributed by atoms with Gasteiger partial charge in [-0.3, -0.25) is 4.90 Å². The molecule has 0 bridgehead atoms. The molecule has 0 spiro atoms. The van der Waals surface area contributed by atoms with Crippen molar-refractivity contribution in [1.82, 2.24) is 4.90 Å². The van der Waals surface area contributed by atoms with Crippen LogP contribution in [0.2, 0.25) is 0 Å². The molecule has 0 aliphatic carbocycles. The summed E-state index contributed by atoms with van der Waals surface area (Å²) in [6, 6.07) is 6.76. The summed E-state index contributed by atoms with van der Waals surface area (Å²) < 4.78 is 23.3. The molecule has 2 aliphatic heterocycles. The Morgan fingerprint density at radius 3 is 2.84 bits per heavy atom. The van der Waals surface area contributed by atoms with Gasteiger partial charge in [-0.1, -0.05) is 23.8 Å². The zero-order valence-corrected chi connectivity index (χ0v) is 12.0. The number of rotatable bonds is 2. The average Bonchev–Trinajstić information content (AvgIpc) is 2.88. The highest BCUT2D eigenvalue weighted by Gasteiger charge is 2.39. The van der Waals surface area contributed by atoms with Gasteiger partial charge in [0, 0.05) is 25.2 Å². The smallest absolute Gasteiger partial charge is 0.151 e. The number of nitrogens with zero attached hydrogens (tertiary/aromatic N) is 1. The van der Waals surface area contributed by atoms with Crippen LogP contribution >= 0.6 is 0 Å². The van der Waals surface area contributed by atoms with Gasteiger partial charge < -0.3 is 5.73 Å². The largest absolute Gasteiger partial charge is 0.329 e. The second-order valence-corrected chi connectivity index (χ2v) is 7.91. The molecule has 2 aliphatic rings. The fourth-order valence-corrected chi connectivity index (χ4v) is 5.08. The van der Waals surface area contributed by atoms with Crippen molar-refractivity contribution in [2.75, 3.05) is 18.1 Å². The number of fused-ring (bicyclic) bond motifs is 1. The molecule has 0 aromatic heterocycles. The molecule has 0 radical (unpaired) electrons. The minimum absolute atomic E-state index is 0.131. The first-order chi connectivity index (χ1) is 9.00. The van der Waals surface area contributed by atoms with Crippen LogP contribution in [-0.2, 0) is 16.4 Å². The van der Waals surface area contributed by atoms with Crippen LogP contribution in [0.25, 0.3) is 0 Å². The van der Waals surface area contributed by atoms with E-state index in [2.05, 4.69) is 30.0 Å². The Hall–Kier alpha value is -0.910. The zero-order valence-electron chi connectivity index (χ0n) is 11.2. The standard InChI is InChI=1S/C14H20N2O2S/c1-10-2-3-11-8-16(14(7-15)13(11)6-10)12-4-5-19(17,18)9-12/h2-3,6,12,14H,4-5,7-9,15H2,1H3. The second kappa shape index (κ2) is 4.58. The van der Waals surface area contributed by atoms with Crippen molar-refractivity contribution < 1.29 is 8.42 Å². The van der Waals surface area contributed by atoms with Crippen LogP contribution in [0.1, 0.15) is 29.2 Å². The molecule has 3 rings (SSSR count). The van der Waals surface area contributed by atoms with E-state index in [0.717, 1.165) is 13.0 Å². The molecule has 2 atom stereocenters. The maximum Gasteiger partial charge on any atom is 0.151 e. The predicted octanol–water partition coefficient (Wildman–Crippen LogP) is 0.998. The lowest BCUT2D eigenvalue weighted by atomic mass is 10.0. The van der Waals surface area contributed by atoms with E-state index >= 15 is 0 Å². The Kier molecular flexibility index (Phi) is 3.15. The third-order valence-corrected chi connectivity index (χ3v) is 6.06. The van der Waals surface area contributed by atoms with Crippen molar-refractivity contribution in [2.45, 2.75) is 32.0 Å². The molecule has 104 valence electrons. The molecule has 1 aromatic rings. The monoisotopic (exact) mass is 280 g/mol. The van der Waals surface area contributed by atoms with E-state index in [-0.39, 0.29) is 17.8 Å². The Morgan fingerprint density at radius 1 is 1.42 bits per heavy atom. The highest BCUT2D eigenvalue weighted by Crippen LogP contribution is 2.37. The number of hydrogen-bond acceptors (Lipinski definition) is 4. The molecule has 0 amide bonds. The number of hydrogen-bond donors (Lipinski definition) is 1. The van der Waals surface area contributed by atoms with Crippen molar-refractivity contribution in [3.8, 4) is 0 Å². The van der Waals surface area contributed by atoms with Crippen LogP contribution < -0.4 is 5.73 Å². The Bertz CT molecular complexity index is 597. The van der Waals surface area contributed by atoms with Gasteiger partial charge in [0.1, 0.15) is 0 Å². The molecule has 2 N–H and O–H groups in total. The summed E-state index contributed by atoms with van der Waals surface area (Å²) in [5.74, 6) is 0.608. The molecular weight excluding hydrogens is 260 g/mol. The predicted molar refractivity (Wildman–Crippen MR) is 75.6 cm³/mol. The van der Waals surface area contributed by atoms with E-state index in [1.807, 2.05) is 0 Å². The molecule has 19 heavy (non-hydrogen) atoms. The van der Waals surface area contributed by atoms with E-state index in [1.165, 1.54) is 16.7 Å². The van der Waals surface area contributed by atoms with Gasteiger partial charge in [0.15, 0.2) is 9.84 Å². The molecule has 1 saturated heterocycles. The van der Waals surface area contributed by atoms with Crippen LogP contribution in [-0.4, -0.2) is 37.4 Å². The van der Waals surface area contributed by atoms with E-state index in [0.29, 0.717) is 12.3 Å². The molecule has 2 unspecified atom stereocenters. The number of benzene rings is 1. The third kappa shape index (κ3) is 2.30.